The standard InChI is InChI=1S/C19H27N3O2.ClH/c20-19(10-4-5-11-19)18(24)22-12-6-7-15(14-22)13-21-17(23)16-8-2-1-3-9-16;/h1-3,8-9,15H,4-7,10-14,20H2,(H,21,23);1H. The molecule has 5 nitrogen and oxygen atoms in total. The molecule has 0 bridgehead atoms. The summed E-state index contributed by atoms with van der Waals surface area (Å²) in [6, 6.07) is 9.23. The quantitative estimate of drug-likeness (QED) is 0.859. The Morgan fingerprint density at radius 3 is 2.52 bits per heavy atom. The zero-order valence-electron chi connectivity index (χ0n) is 14.6. The van der Waals surface area contributed by atoms with Crippen molar-refractivity contribution in [3.8, 4) is 0 Å². The molecule has 138 valence electrons. The Kier molecular flexibility index (Phi) is 6.85. The number of hydrogen-bond donors (Lipinski definition) is 2. The summed E-state index contributed by atoms with van der Waals surface area (Å²) in [5.41, 5.74) is 6.35. The monoisotopic (exact) mass is 365 g/mol. The summed E-state index contributed by atoms with van der Waals surface area (Å²) < 4.78 is 0. The molecule has 0 spiro atoms. The van der Waals surface area contributed by atoms with Gasteiger partial charge in [0.05, 0.1) is 5.54 Å². The van der Waals surface area contributed by atoms with Crippen molar-refractivity contribution >= 4 is 24.2 Å². The fourth-order valence-corrected chi connectivity index (χ4v) is 3.88. The van der Waals surface area contributed by atoms with Gasteiger partial charge in [-0.2, -0.15) is 0 Å². The van der Waals surface area contributed by atoms with Crippen molar-refractivity contribution in [1.82, 2.24) is 10.2 Å². The molecule has 3 rings (SSSR count). The number of amides is 2. The normalized spacial score (nSPS) is 22.1. The van der Waals surface area contributed by atoms with Gasteiger partial charge >= 0.3 is 0 Å². The van der Waals surface area contributed by atoms with Gasteiger partial charge in [0.1, 0.15) is 0 Å². The summed E-state index contributed by atoms with van der Waals surface area (Å²) in [4.78, 5) is 26.8. The lowest BCUT2D eigenvalue weighted by Gasteiger charge is -2.37. The molecule has 1 aromatic carbocycles. The highest BCUT2D eigenvalue weighted by Gasteiger charge is 2.40. The topological polar surface area (TPSA) is 75.4 Å². The predicted octanol–water partition coefficient (Wildman–Crippen LogP) is 2.35. The minimum absolute atomic E-state index is 0. The van der Waals surface area contributed by atoms with Crippen LogP contribution in [0.4, 0.5) is 0 Å². The molecule has 0 radical (unpaired) electrons. The predicted molar refractivity (Wildman–Crippen MR) is 101 cm³/mol. The zero-order valence-corrected chi connectivity index (χ0v) is 15.4. The van der Waals surface area contributed by atoms with Crippen LogP contribution in [0.2, 0.25) is 0 Å². The summed E-state index contributed by atoms with van der Waals surface area (Å²) >= 11 is 0. The average molecular weight is 366 g/mol. The van der Waals surface area contributed by atoms with E-state index in [0.717, 1.165) is 45.1 Å². The minimum atomic E-state index is -0.644. The highest BCUT2D eigenvalue weighted by Crippen LogP contribution is 2.30. The van der Waals surface area contributed by atoms with Crippen molar-refractivity contribution in [3.63, 3.8) is 0 Å². The highest BCUT2D eigenvalue weighted by atomic mass is 35.5. The zero-order chi connectivity index (χ0) is 17.0. The number of piperidine rings is 1. The van der Waals surface area contributed by atoms with Crippen LogP contribution in [0, 0.1) is 5.92 Å². The molecular formula is C19H28ClN3O2. The van der Waals surface area contributed by atoms with Gasteiger partial charge in [-0.1, -0.05) is 31.0 Å². The second-order valence-electron chi connectivity index (χ2n) is 7.20. The smallest absolute Gasteiger partial charge is 0.251 e. The third kappa shape index (κ3) is 4.73. The summed E-state index contributed by atoms with van der Waals surface area (Å²) in [7, 11) is 0. The van der Waals surface area contributed by atoms with Gasteiger partial charge < -0.3 is 16.0 Å². The molecule has 1 heterocycles. The molecule has 1 saturated carbocycles. The maximum atomic E-state index is 12.7. The van der Waals surface area contributed by atoms with E-state index in [1.807, 2.05) is 35.2 Å². The summed E-state index contributed by atoms with van der Waals surface area (Å²) in [6.45, 7) is 2.10. The van der Waals surface area contributed by atoms with Crippen molar-refractivity contribution in [3.05, 3.63) is 35.9 Å². The second kappa shape index (κ2) is 8.68. The van der Waals surface area contributed by atoms with Gasteiger partial charge in [-0.05, 0) is 43.7 Å². The van der Waals surface area contributed by atoms with Crippen LogP contribution in [-0.4, -0.2) is 41.9 Å². The Hall–Kier alpha value is -1.59. The van der Waals surface area contributed by atoms with E-state index in [1.165, 1.54) is 0 Å². The van der Waals surface area contributed by atoms with E-state index in [2.05, 4.69) is 5.32 Å². The molecule has 3 N–H and O–H groups in total. The number of hydrogen-bond acceptors (Lipinski definition) is 3. The number of nitrogens with two attached hydrogens (primary N) is 1. The molecule has 2 aliphatic rings. The van der Waals surface area contributed by atoms with Gasteiger partial charge in [0.25, 0.3) is 5.91 Å². The number of carbonyl (C=O) groups is 2. The van der Waals surface area contributed by atoms with Crippen LogP contribution in [0.1, 0.15) is 48.9 Å². The van der Waals surface area contributed by atoms with Crippen molar-refractivity contribution in [2.24, 2.45) is 11.7 Å². The van der Waals surface area contributed by atoms with E-state index in [-0.39, 0.29) is 24.2 Å². The summed E-state index contributed by atoms with van der Waals surface area (Å²) in [5, 5.41) is 3.00. The van der Waals surface area contributed by atoms with Crippen LogP contribution in [0.3, 0.4) is 0 Å². The van der Waals surface area contributed by atoms with Crippen LogP contribution in [0.5, 0.6) is 0 Å². The van der Waals surface area contributed by atoms with Gasteiger partial charge in [0.15, 0.2) is 0 Å². The maximum absolute atomic E-state index is 12.7. The molecule has 1 aliphatic carbocycles. The van der Waals surface area contributed by atoms with Crippen molar-refractivity contribution in [2.45, 2.75) is 44.1 Å². The van der Waals surface area contributed by atoms with Crippen LogP contribution >= 0.6 is 12.4 Å². The molecule has 0 aromatic heterocycles. The fourth-order valence-electron chi connectivity index (χ4n) is 3.88. The van der Waals surface area contributed by atoms with Gasteiger partial charge in [0.2, 0.25) is 5.91 Å². The van der Waals surface area contributed by atoms with E-state index < -0.39 is 5.54 Å². The first-order valence-corrected chi connectivity index (χ1v) is 9.00. The lowest BCUT2D eigenvalue weighted by atomic mass is 9.92. The molecule has 6 heteroatoms. The number of nitrogens with zero attached hydrogens (tertiary/aromatic N) is 1. The fraction of sp³-hybridized carbons (Fsp3) is 0.579. The molecular weight excluding hydrogens is 338 g/mol. The Labute approximate surface area is 155 Å². The van der Waals surface area contributed by atoms with Crippen LogP contribution in [-0.2, 0) is 4.79 Å². The second-order valence-corrected chi connectivity index (χ2v) is 7.20. The third-order valence-corrected chi connectivity index (χ3v) is 5.32. The largest absolute Gasteiger partial charge is 0.352 e. The Balaban J connectivity index is 0.00000225. The van der Waals surface area contributed by atoms with Gasteiger partial charge in [-0.15, -0.1) is 12.4 Å². The molecule has 25 heavy (non-hydrogen) atoms. The molecule has 2 fully saturated rings. The first kappa shape index (κ1) is 19.7. The van der Waals surface area contributed by atoms with Crippen molar-refractivity contribution < 1.29 is 9.59 Å². The SMILES string of the molecule is Cl.NC1(C(=O)N2CCCC(CNC(=O)c3ccccc3)C2)CCCC1. The van der Waals surface area contributed by atoms with Crippen LogP contribution in [0.25, 0.3) is 0 Å². The molecule has 1 aliphatic heterocycles. The van der Waals surface area contributed by atoms with Gasteiger partial charge in [-0.3, -0.25) is 9.59 Å². The first-order valence-electron chi connectivity index (χ1n) is 9.00. The first-order chi connectivity index (χ1) is 11.6. The van der Waals surface area contributed by atoms with Crippen molar-refractivity contribution in [1.29, 1.82) is 0 Å². The number of nitrogens with one attached hydrogen (secondary N) is 1. The number of halogens is 1. The molecule has 1 unspecified atom stereocenters. The van der Waals surface area contributed by atoms with E-state index in [1.54, 1.807) is 0 Å². The van der Waals surface area contributed by atoms with Crippen LogP contribution in [0.15, 0.2) is 30.3 Å². The van der Waals surface area contributed by atoms with Gasteiger partial charge in [0, 0.05) is 25.2 Å². The lowest BCUT2D eigenvalue weighted by molar-refractivity contribution is -0.138. The molecule has 1 aromatic rings. The summed E-state index contributed by atoms with van der Waals surface area (Å²) in [6.07, 6.45) is 5.72. The Morgan fingerprint density at radius 1 is 1.16 bits per heavy atom. The van der Waals surface area contributed by atoms with E-state index in [0.29, 0.717) is 24.6 Å². The van der Waals surface area contributed by atoms with Crippen LogP contribution < -0.4 is 11.1 Å². The minimum Gasteiger partial charge on any atom is -0.352 e. The average Bonchev–Trinajstić information content (AvgIpc) is 3.08. The highest BCUT2D eigenvalue weighted by molar-refractivity contribution is 5.94. The third-order valence-electron chi connectivity index (χ3n) is 5.32. The molecule has 1 atom stereocenters. The maximum Gasteiger partial charge on any atom is 0.251 e. The number of benzene rings is 1. The number of rotatable bonds is 4. The number of likely N-dealkylation sites (tertiary alicyclic amines) is 1. The lowest BCUT2D eigenvalue weighted by Crippen LogP contribution is -2.56. The Morgan fingerprint density at radius 2 is 1.84 bits per heavy atom. The number of carbonyl (C=O) groups excluding carboxylic acids is 2. The molecule has 2 amide bonds. The van der Waals surface area contributed by atoms with E-state index >= 15 is 0 Å². The Bertz CT molecular complexity index is 588. The van der Waals surface area contributed by atoms with Crippen molar-refractivity contribution in [2.75, 3.05) is 19.6 Å². The van der Waals surface area contributed by atoms with E-state index in [9.17, 15) is 9.59 Å². The van der Waals surface area contributed by atoms with E-state index in [4.69, 9.17) is 5.73 Å². The molecule has 1 saturated heterocycles. The van der Waals surface area contributed by atoms with Gasteiger partial charge in [-0.25, -0.2) is 0 Å². The summed E-state index contributed by atoms with van der Waals surface area (Å²) in [5.74, 6) is 0.365.